The van der Waals surface area contributed by atoms with Crippen LogP contribution in [0.15, 0.2) is 36.5 Å². The van der Waals surface area contributed by atoms with Gasteiger partial charge in [-0.3, -0.25) is 9.69 Å². The van der Waals surface area contributed by atoms with Gasteiger partial charge in [0.15, 0.2) is 0 Å². The lowest BCUT2D eigenvalue weighted by atomic mass is 9.99. The zero-order valence-corrected chi connectivity index (χ0v) is 21.0. The molecule has 1 saturated carbocycles. The first-order valence-corrected chi connectivity index (χ1v) is 12.4. The van der Waals surface area contributed by atoms with Gasteiger partial charge in [0.05, 0.1) is 18.2 Å². The number of aliphatic hydroxyl groups excluding tert-OH is 1. The molecule has 0 unspecified atom stereocenters. The summed E-state index contributed by atoms with van der Waals surface area (Å²) in [5.41, 5.74) is 2.17. The molecule has 36 heavy (non-hydrogen) atoms. The number of rotatable bonds is 7. The highest BCUT2D eigenvalue weighted by Crippen LogP contribution is 2.29. The Labute approximate surface area is 211 Å². The lowest BCUT2D eigenvalue weighted by Crippen LogP contribution is -2.49. The average molecular weight is 492 g/mol. The van der Waals surface area contributed by atoms with Crippen LogP contribution in [0.4, 0.5) is 0 Å². The molecule has 0 radical (unpaired) electrons. The second-order valence-corrected chi connectivity index (χ2v) is 9.95. The van der Waals surface area contributed by atoms with Gasteiger partial charge in [0.25, 0.3) is 5.91 Å². The Kier molecular flexibility index (Phi) is 7.92. The molecule has 8 heteroatoms. The summed E-state index contributed by atoms with van der Waals surface area (Å²) in [4.78, 5) is 33.0. The van der Waals surface area contributed by atoms with Crippen LogP contribution in [0, 0.1) is 23.7 Å². The molecule has 1 aliphatic carbocycles. The van der Waals surface area contributed by atoms with E-state index in [0.717, 1.165) is 18.4 Å². The van der Waals surface area contributed by atoms with Crippen molar-refractivity contribution in [1.82, 2.24) is 14.8 Å². The quantitative estimate of drug-likeness (QED) is 0.574. The second kappa shape index (κ2) is 11.1. The van der Waals surface area contributed by atoms with Gasteiger partial charge in [0.2, 0.25) is 5.88 Å². The third-order valence-corrected chi connectivity index (χ3v) is 6.64. The number of carbonyl (C=O) groups is 2. The number of hydrogen-bond acceptors (Lipinski definition) is 6. The SMILES string of the molecule is C[C@@H]1CN([C@@H](C)CO)C(=O)c2cc(C#CC3CC3)cnc2O[C@@H]1CN(C)Cc1cccc(C(=O)O)c1. The van der Waals surface area contributed by atoms with Crippen LogP contribution < -0.4 is 4.74 Å². The second-order valence-electron chi connectivity index (χ2n) is 9.95. The minimum absolute atomic E-state index is 0.0416. The first-order chi connectivity index (χ1) is 17.2. The maximum atomic E-state index is 13.5. The number of carboxylic acids is 1. The van der Waals surface area contributed by atoms with E-state index in [4.69, 9.17) is 4.74 Å². The van der Waals surface area contributed by atoms with Crippen LogP contribution in [-0.2, 0) is 6.54 Å². The predicted octanol–water partition coefficient (Wildman–Crippen LogP) is 2.89. The zero-order chi connectivity index (χ0) is 25.8. The number of pyridine rings is 1. The molecule has 0 spiro atoms. The van der Waals surface area contributed by atoms with Gasteiger partial charge >= 0.3 is 5.97 Å². The number of aliphatic hydroxyl groups is 1. The maximum absolute atomic E-state index is 13.5. The molecule has 1 fully saturated rings. The Bertz CT molecular complexity index is 1180. The molecule has 2 aromatic rings. The number of amides is 1. The molecule has 0 saturated heterocycles. The Morgan fingerprint density at radius 2 is 2.11 bits per heavy atom. The monoisotopic (exact) mass is 491 g/mol. The Balaban J connectivity index is 1.58. The number of aromatic carboxylic acids is 1. The number of fused-ring (bicyclic) bond motifs is 1. The van der Waals surface area contributed by atoms with E-state index in [9.17, 15) is 19.8 Å². The molecule has 8 nitrogen and oxygen atoms in total. The van der Waals surface area contributed by atoms with Crippen LogP contribution in [0.1, 0.15) is 58.5 Å². The summed E-state index contributed by atoms with van der Waals surface area (Å²) < 4.78 is 6.34. The van der Waals surface area contributed by atoms with E-state index in [2.05, 4.69) is 21.7 Å². The molecule has 1 aliphatic heterocycles. The van der Waals surface area contributed by atoms with Crippen molar-refractivity contribution < 1.29 is 24.5 Å². The van der Waals surface area contributed by atoms with E-state index in [0.29, 0.717) is 36.7 Å². The van der Waals surface area contributed by atoms with Crippen molar-refractivity contribution in [3.05, 3.63) is 58.8 Å². The summed E-state index contributed by atoms with van der Waals surface area (Å²) in [5, 5.41) is 19.1. The number of benzene rings is 1. The highest BCUT2D eigenvalue weighted by Gasteiger charge is 2.34. The molecule has 2 heterocycles. The Morgan fingerprint density at radius 3 is 2.81 bits per heavy atom. The van der Waals surface area contributed by atoms with Gasteiger partial charge in [-0.15, -0.1) is 0 Å². The van der Waals surface area contributed by atoms with Gasteiger partial charge in [0.1, 0.15) is 11.7 Å². The molecule has 1 aromatic heterocycles. The van der Waals surface area contributed by atoms with Crippen molar-refractivity contribution in [2.75, 3.05) is 26.7 Å². The molecule has 2 N–H and O–H groups in total. The lowest BCUT2D eigenvalue weighted by Gasteiger charge is -2.37. The number of hydrogen-bond donors (Lipinski definition) is 2. The highest BCUT2D eigenvalue weighted by atomic mass is 16.5. The fourth-order valence-electron chi connectivity index (χ4n) is 4.29. The molecule has 190 valence electrons. The van der Waals surface area contributed by atoms with E-state index in [1.165, 1.54) is 0 Å². The molecular formula is C28H33N3O5. The van der Waals surface area contributed by atoms with Crippen LogP contribution in [0.3, 0.4) is 0 Å². The van der Waals surface area contributed by atoms with Gasteiger partial charge in [0, 0.05) is 43.2 Å². The highest BCUT2D eigenvalue weighted by molar-refractivity contribution is 5.97. The summed E-state index contributed by atoms with van der Waals surface area (Å²) in [5.74, 6) is 5.81. The third-order valence-electron chi connectivity index (χ3n) is 6.64. The summed E-state index contributed by atoms with van der Waals surface area (Å²) in [6, 6.07) is 8.27. The predicted molar refractivity (Wildman–Crippen MR) is 135 cm³/mol. The summed E-state index contributed by atoms with van der Waals surface area (Å²) in [6.07, 6.45) is 3.59. The Morgan fingerprint density at radius 1 is 1.33 bits per heavy atom. The van der Waals surface area contributed by atoms with E-state index >= 15 is 0 Å². The van der Waals surface area contributed by atoms with E-state index in [1.54, 1.807) is 35.4 Å². The third kappa shape index (κ3) is 6.23. The first-order valence-electron chi connectivity index (χ1n) is 12.4. The van der Waals surface area contributed by atoms with Crippen molar-refractivity contribution >= 4 is 11.9 Å². The van der Waals surface area contributed by atoms with E-state index < -0.39 is 5.97 Å². The summed E-state index contributed by atoms with van der Waals surface area (Å²) in [7, 11) is 1.95. The normalized spacial score (nSPS) is 20.5. The van der Waals surface area contributed by atoms with Gasteiger partial charge in [-0.05, 0) is 50.6 Å². The minimum atomic E-state index is -0.955. The van der Waals surface area contributed by atoms with Crippen LogP contribution in [0.25, 0.3) is 0 Å². The smallest absolute Gasteiger partial charge is 0.335 e. The molecular weight excluding hydrogens is 458 g/mol. The first kappa shape index (κ1) is 25.7. The Hall–Kier alpha value is -3.41. The van der Waals surface area contributed by atoms with Gasteiger partial charge in [-0.2, -0.15) is 0 Å². The number of aromatic nitrogens is 1. The number of carbonyl (C=O) groups excluding carboxylic acids is 1. The van der Waals surface area contributed by atoms with Crippen LogP contribution >= 0.6 is 0 Å². The lowest BCUT2D eigenvalue weighted by molar-refractivity contribution is 0.0324. The molecule has 4 rings (SSSR count). The molecule has 3 atom stereocenters. The van der Waals surface area contributed by atoms with Gasteiger partial charge < -0.3 is 19.8 Å². The van der Waals surface area contributed by atoms with Crippen molar-refractivity contribution in [2.24, 2.45) is 11.8 Å². The molecule has 2 aliphatic rings. The average Bonchev–Trinajstić information content (AvgIpc) is 3.69. The van der Waals surface area contributed by atoms with Crippen molar-refractivity contribution in [2.45, 2.75) is 45.4 Å². The van der Waals surface area contributed by atoms with Crippen LogP contribution in [0.2, 0.25) is 0 Å². The molecule has 1 amide bonds. The largest absolute Gasteiger partial charge is 0.478 e. The summed E-state index contributed by atoms with van der Waals surface area (Å²) >= 11 is 0. The maximum Gasteiger partial charge on any atom is 0.335 e. The minimum Gasteiger partial charge on any atom is -0.478 e. The standard InChI is InChI=1S/C28H33N3O5/c1-18-14-31(19(2)17-32)27(33)24-12-21(10-9-20-7-8-20)13-29-26(24)36-25(18)16-30(3)15-22-5-4-6-23(11-22)28(34)35/h4-6,11-13,18-20,25,32H,7-8,14-17H2,1-3H3,(H,34,35)/t18-,19+,25-/m1/s1. The number of carboxylic acid groups (broad SMARTS) is 1. The van der Waals surface area contributed by atoms with Gasteiger partial charge in [-0.25, -0.2) is 9.78 Å². The van der Waals surface area contributed by atoms with Crippen LogP contribution in [0.5, 0.6) is 5.88 Å². The van der Waals surface area contributed by atoms with Gasteiger partial charge in [-0.1, -0.05) is 30.9 Å². The van der Waals surface area contributed by atoms with E-state index in [-0.39, 0.29) is 42.0 Å². The number of ether oxygens (including phenoxy) is 1. The fraction of sp³-hybridized carbons (Fsp3) is 0.464. The molecule has 1 aromatic carbocycles. The topological polar surface area (TPSA) is 103 Å². The van der Waals surface area contributed by atoms with Crippen molar-refractivity contribution in [3.8, 4) is 17.7 Å². The molecule has 0 bridgehead atoms. The zero-order valence-electron chi connectivity index (χ0n) is 21.0. The van der Waals surface area contributed by atoms with Crippen LogP contribution in [-0.4, -0.2) is 75.8 Å². The van der Waals surface area contributed by atoms with Crippen molar-refractivity contribution in [3.63, 3.8) is 0 Å². The fourth-order valence-corrected chi connectivity index (χ4v) is 4.29. The number of likely N-dealkylation sites (N-methyl/N-ethyl adjacent to an activating group) is 1. The van der Waals surface area contributed by atoms with Crippen molar-refractivity contribution in [1.29, 1.82) is 0 Å². The summed E-state index contributed by atoms with van der Waals surface area (Å²) in [6.45, 7) is 5.21. The number of nitrogens with zero attached hydrogens (tertiary/aromatic N) is 3. The van der Waals surface area contributed by atoms with E-state index in [1.807, 2.05) is 27.0 Å².